The molecule has 0 unspecified atom stereocenters. The van der Waals surface area contributed by atoms with Crippen molar-refractivity contribution in [3.63, 3.8) is 0 Å². The number of rotatable bonds is 14. The van der Waals surface area contributed by atoms with Gasteiger partial charge < -0.3 is 19.5 Å². The van der Waals surface area contributed by atoms with Gasteiger partial charge in [-0.15, -0.1) is 0 Å². The lowest BCUT2D eigenvalue weighted by atomic mass is 10.2. The highest BCUT2D eigenvalue weighted by Gasteiger charge is 2.13. The van der Waals surface area contributed by atoms with E-state index in [4.69, 9.17) is 25.8 Å². The number of ether oxygens (including phenoxy) is 3. The molecule has 0 atom stereocenters. The average Bonchev–Trinajstić information content (AvgIpc) is 2.72. The zero-order valence-electron chi connectivity index (χ0n) is 17.6. The molecule has 0 spiro atoms. The number of nitrogens with one attached hydrogen (secondary N) is 1. The van der Waals surface area contributed by atoms with Gasteiger partial charge in [0.1, 0.15) is 12.4 Å². The summed E-state index contributed by atoms with van der Waals surface area (Å²) in [6.07, 6.45) is 3.23. The maximum absolute atomic E-state index is 14.0. The van der Waals surface area contributed by atoms with Gasteiger partial charge in [-0.3, -0.25) is 0 Å². The summed E-state index contributed by atoms with van der Waals surface area (Å²) in [5.74, 6) is 0.767. The van der Waals surface area contributed by atoms with E-state index >= 15 is 0 Å². The lowest BCUT2D eigenvalue weighted by Crippen LogP contribution is -2.17. The summed E-state index contributed by atoms with van der Waals surface area (Å²) in [6, 6.07) is 8.38. The van der Waals surface area contributed by atoms with Crippen molar-refractivity contribution < 1.29 is 18.6 Å². The van der Waals surface area contributed by atoms with Crippen molar-refractivity contribution >= 4 is 27.5 Å². The molecule has 2 aromatic rings. The first-order valence-electron chi connectivity index (χ1n) is 10.4. The molecule has 2 aromatic carbocycles. The highest BCUT2D eigenvalue weighted by molar-refractivity contribution is 9.10. The van der Waals surface area contributed by atoms with Crippen LogP contribution in [0.2, 0.25) is 5.02 Å². The van der Waals surface area contributed by atoms with Gasteiger partial charge in [0.15, 0.2) is 11.5 Å². The number of hydrogen-bond donors (Lipinski definition) is 1. The first kappa shape index (κ1) is 24.9. The van der Waals surface area contributed by atoms with Crippen LogP contribution in [0.25, 0.3) is 0 Å². The van der Waals surface area contributed by atoms with Crippen LogP contribution < -0.4 is 14.8 Å². The Kier molecular flexibility index (Phi) is 11.5. The topological polar surface area (TPSA) is 39.7 Å². The van der Waals surface area contributed by atoms with E-state index in [2.05, 4.69) is 28.2 Å². The second kappa shape index (κ2) is 13.9. The van der Waals surface area contributed by atoms with Crippen molar-refractivity contribution in [2.24, 2.45) is 0 Å². The summed E-state index contributed by atoms with van der Waals surface area (Å²) in [5.41, 5.74) is 1.38. The van der Waals surface area contributed by atoms with Crippen molar-refractivity contribution in [2.45, 2.75) is 46.3 Å². The SMILES string of the molecule is CCCCOCCCNCc1cc(OCC)c(OCc2c(F)cccc2Cl)cc1Br. The molecule has 0 amide bonds. The Labute approximate surface area is 192 Å². The van der Waals surface area contributed by atoms with Crippen LogP contribution in [0.5, 0.6) is 11.5 Å². The molecule has 0 heterocycles. The predicted molar refractivity (Wildman–Crippen MR) is 123 cm³/mol. The number of unbranched alkanes of at least 4 members (excludes halogenated alkanes) is 1. The van der Waals surface area contributed by atoms with E-state index in [1.54, 1.807) is 12.1 Å². The Morgan fingerprint density at radius 2 is 1.83 bits per heavy atom. The lowest BCUT2D eigenvalue weighted by molar-refractivity contribution is 0.128. The monoisotopic (exact) mass is 501 g/mol. The first-order chi connectivity index (χ1) is 14.6. The highest BCUT2D eigenvalue weighted by atomic mass is 79.9. The van der Waals surface area contributed by atoms with Crippen LogP contribution in [0.1, 0.15) is 44.2 Å². The molecule has 0 aliphatic heterocycles. The fraction of sp³-hybridized carbons (Fsp3) is 0.478. The lowest BCUT2D eigenvalue weighted by Gasteiger charge is -2.16. The van der Waals surface area contributed by atoms with E-state index in [1.165, 1.54) is 6.07 Å². The zero-order valence-corrected chi connectivity index (χ0v) is 20.0. The van der Waals surface area contributed by atoms with E-state index in [-0.39, 0.29) is 12.4 Å². The van der Waals surface area contributed by atoms with Gasteiger partial charge >= 0.3 is 0 Å². The molecule has 4 nitrogen and oxygen atoms in total. The normalized spacial score (nSPS) is 11.0. The molecule has 0 bridgehead atoms. The summed E-state index contributed by atoms with van der Waals surface area (Å²) in [4.78, 5) is 0. The van der Waals surface area contributed by atoms with Gasteiger partial charge in [-0.05, 0) is 56.1 Å². The van der Waals surface area contributed by atoms with Crippen LogP contribution in [-0.4, -0.2) is 26.4 Å². The smallest absolute Gasteiger partial charge is 0.162 e. The van der Waals surface area contributed by atoms with Gasteiger partial charge in [0.05, 0.1) is 11.6 Å². The van der Waals surface area contributed by atoms with Crippen LogP contribution in [0.15, 0.2) is 34.8 Å². The van der Waals surface area contributed by atoms with E-state index < -0.39 is 0 Å². The minimum Gasteiger partial charge on any atom is -0.490 e. The predicted octanol–water partition coefficient (Wildman–Crippen LogP) is 6.52. The van der Waals surface area contributed by atoms with Crippen molar-refractivity contribution in [3.8, 4) is 11.5 Å². The van der Waals surface area contributed by atoms with Crippen LogP contribution in [0.3, 0.4) is 0 Å². The Hall–Kier alpha value is -1.34. The third-order valence-electron chi connectivity index (χ3n) is 4.45. The van der Waals surface area contributed by atoms with Crippen molar-refractivity contribution in [3.05, 3.63) is 56.8 Å². The molecule has 166 valence electrons. The molecule has 7 heteroatoms. The Morgan fingerprint density at radius 3 is 2.57 bits per heavy atom. The third-order valence-corrected chi connectivity index (χ3v) is 5.54. The fourth-order valence-electron chi connectivity index (χ4n) is 2.78. The molecule has 0 radical (unpaired) electrons. The second-order valence-electron chi connectivity index (χ2n) is 6.81. The van der Waals surface area contributed by atoms with Crippen LogP contribution in [0.4, 0.5) is 4.39 Å². The standard InChI is InChI=1S/C23H30BrClFNO3/c1-3-5-11-28-12-7-10-27-15-17-13-22(29-4-2)23(14-19(17)24)30-16-18-20(25)8-6-9-21(18)26/h6,8-9,13-14,27H,3-5,7,10-12,15-16H2,1-2H3. The van der Waals surface area contributed by atoms with Crippen molar-refractivity contribution in [1.29, 1.82) is 0 Å². The van der Waals surface area contributed by atoms with Gasteiger partial charge in [-0.25, -0.2) is 4.39 Å². The van der Waals surface area contributed by atoms with E-state index in [0.717, 1.165) is 49.1 Å². The van der Waals surface area contributed by atoms with Gasteiger partial charge in [0.25, 0.3) is 0 Å². The van der Waals surface area contributed by atoms with Gasteiger partial charge in [-0.2, -0.15) is 0 Å². The van der Waals surface area contributed by atoms with Crippen LogP contribution in [0, 0.1) is 5.82 Å². The molecule has 1 N–H and O–H groups in total. The average molecular weight is 503 g/mol. The number of benzene rings is 2. The summed E-state index contributed by atoms with van der Waals surface area (Å²) in [7, 11) is 0. The maximum atomic E-state index is 14.0. The molecule has 0 aliphatic rings. The van der Waals surface area contributed by atoms with Crippen LogP contribution >= 0.6 is 27.5 Å². The molecule has 30 heavy (non-hydrogen) atoms. The second-order valence-corrected chi connectivity index (χ2v) is 8.07. The summed E-state index contributed by atoms with van der Waals surface area (Å²) >= 11 is 9.69. The Bertz CT molecular complexity index is 771. The molecular formula is C23H30BrClFNO3. The third kappa shape index (κ3) is 8.06. The van der Waals surface area contributed by atoms with Gasteiger partial charge in [-0.1, -0.05) is 46.9 Å². The zero-order chi connectivity index (χ0) is 21.8. The molecule has 0 fully saturated rings. The fourth-order valence-corrected chi connectivity index (χ4v) is 3.46. The highest BCUT2D eigenvalue weighted by Crippen LogP contribution is 2.35. The maximum Gasteiger partial charge on any atom is 0.162 e. The summed E-state index contributed by atoms with van der Waals surface area (Å²) < 4.78 is 32.1. The number of hydrogen-bond acceptors (Lipinski definition) is 4. The van der Waals surface area contributed by atoms with E-state index in [9.17, 15) is 4.39 Å². The molecule has 2 rings (SSSR count). The molecule has 0 aromatic heterocycles. The quantitative estimate of drug-likeness (QED) is 0.299. The molecular weight excluding hydrogens is 473 g/mol. The molecule has 0 saturated heterocycles. The van der Waals surface area contributed by atoms with Crippen molar-refractivity contribution in [2.75, 3.05) is 26.4 Å². The van der Waals surface area contributed by atoms with Gasteiger partial charge in [0, 0.05) is 29.8 Å². The van der Waals surface area contributed by atoms with E-state index in [0.29, 0.717) is 35.2 Å². The largest absolute Gasteiger partial charge is 0.490 e. The van der Waals surface area contributed by atoms with E-state index in [1.807, 2.05) is 19.1 Å². The Balaban J connectivity index is 1.94. The first-order valence-corrected chi connectivity index (χ1v) is 11.5. The minimum absolute atomic E-state index is 0.0215. The molecule has 0 saturated carbocycles. The summed E-state index contributed by atoms with van der Waals surface area (Å²) in [6.45, 7) is 7.75. The van der Waals surface area contributed by atoms with Crippen LogP contribution in [-0.2, 0) is 17.9 Å². The summed E-state index contributed by atoms with van der Waals surface area (Å²) in [5, 5.41) is 3.76. The minimum atomic E-state index is -0.390. The number of halogens is 3. The molecule has 0 aliphatic carbocycles. The van der Waals surface area contributed by atoms with Crippen molar-refractivity contribution in [1.82, 2.24) is 5.32 Å². The van der Waals surface area contributed by atoms with Gasteiger partial charge in [0.2, 0.25) is 0 Å². The Morgan fingerprint density at radius 1 is 1.07 bits per heavy atom.